The Morgan fingerprint density at radius 1 is 0.284 bits per heavy atom. The Labute approximate surface area is 626 Å². The van der Waals surface area contributed by atoms with Crippen LogP contribution in [0, 0.1) is 17.8 Å². The van der Waals surface area contributed by atoms with Gasteiger partial charge in [-0.3, -0.25) is 37.3 Å². The lowest BCUT2D eigenvalue weighted by Gasteiger charge is -2.21. The Kier molecular flexibility index (Phi) is 71.8. The van der Waals surface area contributed by atoms with Crippen LogP contribution < -0.4 is 0 Å². The van der Waals surface area contributed by atoms with Gasteiger partial charge in [0.1, 0.15) is 19.3 Å². The molecule has 606 valence electrons. The SMILES string of the molecule is CCCCCCCCCCCCC(=O)OC[C@H](COP(=O)(O)OC[C@H](O)COP(=O)(O)OC[C@@H](COC(=O)CCCCCCCCCCCCCCCCC(C)C)OC(=O)CCCCCCCCCCCCCCCCCCCCC(C)C)OC(=O)CCCCCCCCCCCCC(C)CC. The topological polar surface area (TPSA) is 237 Å². The van der Waals surface area contributed by atoms with Crippen molar-refractivity contribution in [3.63, 3.8) is 0 Å². The molecule has 0 aromatic carbocycles. The molecule has 0 aliphatic heterocycles. The number of rotatable bonds is 81. The average molecular weight is 1490 g/mol. The molecule has 0 fully saturated rings. The molecule has 6 atom stereocenters. The van der Waals surface area contributed by atoms with Crippen LogP contribution in [0.2, 0.25) is 0 Å². The van der Waals surface area contributed by atoms with Gasteiger partial charge in [0, 0.05) is 25.7 Å². The summed E-state index contributed by atoms with van der Waals surface area (Å²) in [5.74, 6) is 0.314. The van der Waals surface area contributed by atoms with E-state index in [4.69, 9.17) is 37.0 Å². The minimum Gasteiger partial charge on any atom is -0.462 e. The van der Waals surface area contributed by atoms with Gasteiger partial charge in [-0.1, -0.05) is 382 Å². The molecule has 0 aliphatic rings. The molecule has 102 heavy (non-hydrogen) atoms. The Morgan fingerprint density at radius 2 is 0.500 bits per heavy atom. The summed E-state index contributed by atoms with van der Waals surface area (Å²) in [6.07, 6.45) is 62.4. The zero-order chi connectivity index (χ0) is 75.1. The molecular weight excluding hydrogens is 1330 g/mol. The summed E-state index contributed by atoms with van der Waals surface area (Å²) in [6, 6.07) is 0. The zero-order valence-corrected chi connectivity index (χ0v) is 68.9. The van der Waals surface area contributed by atoms with Crippen LogP contribution in [0.1, 0.15) is 434 Å². The number of phosphoric ester groups is 2. The lowest BCUT2D eigenvalue weighted by atomic mass is 9.99. The number of phosphoric acid groups is 2. The highest BCUT2D eigenvalue weighted by atomic mass is 31.2. The quantitative estimate of drug-likeness (QED) is 0.0222. The van der Waals surface area contributed by atoms with Crippen LogP contribution in [-0.4, -0.2) is 96.7 Å². The van der Waals surface area contributed by atoms with Crippen LogP contribution >= 0.6 is 15.6 Å². The molecule has 19 heteroatoms. The zero-order valence-electron chi connectivity index (χ0n) is 67.1. The largest absolute Gasteiger partial charge is 0.472 e. The number of hydrogen-bond donors (Lipinski definition) is 3. The highest BCUT2D eigenvalue weighted by molar-refractivity contribution is 7.47. The van der Waals surface area contributed by atoms with Gasteiger partial charge in [-0.05, 0) is 43.4 Å². The second kappa shape index (κ2) is 73.2. The number of carbonyl (C=O) groups is 4. The maximum atomic E-state index is 13.1. The van der Waals surface area contributed by atoms with Crippen LogP contribution in [0.15, 0.2) is 0 Å². The molecule has 0 spiro atoms. The van der Waals surface area contributed by atoms with E-state index in [2.05, 4.69) is 48.5 Å². The molecule has 0 amide bonds. The van der Waals surface area contributed by atoms with Crippen molar-refractivity contribution < 1.29 is 80.2 Å². The van der Waals surface area contributed by atoms with E-state index in [1.165, 1.54) is 244 Å². The smallest absolute Gasteiger partial charge is 0.462 e. The van der Waals surface area contributed by atoms with E-state index in [-0.39, 0.29) is 25.7 Å². The average Bonchev–Trinajstić information content (AvgIpc) is 0.919. The van der Waals surface area contributed by atoms with Crippen molar-refractivity contribution in [1.29, 1.82) is 0 Å². The third-order valence-corrected chi connectivity index (χ3v) is 21.6. The minimum atomic E-state index is -4.96. The van der Waals surface area contributed by atoms with E-state index >= 15 is 0 Å². The maximum Gasteiger partial charge on any atom is 0.472 e. The molecule has 17 nitrogen and oxygen atoms in total. The summed E-state index contributed by atoms with van der Waals surface area (Å²) in [5, 5.41) is 10.7. The number of unbranched alkanes of at least 4 members (excludes halogenated alkanes) is 48. The van der Waals surface area contributed by atoms with E-state index < -0.39 is 97.5 Å². The molecular formula is C83H162O17P2. The molecule has 0 aromatic heterocycles. The lowest BCUT2D eigenvalue weighted by Crippen LogP contribution is -2.30. The van der Waals surface area contributed by atoms with E-state index in [0.717, 1.165) is 108 Å². The van der Waals surface area contributed by atoms with Crippen molar-refractivity contribution in [2.45, 2.75) is 452 Å². The number of aliphatic hydroxyl groups excluding tert-OH is 1. The summed E-state index contributed by atoms with van der Waals surface area (Å²) >= 11 is 0. The van der Waals surface area contributed by atoms with Crippen LogP contribution in [0.4, 0.5) is 0 Å². The highest BCUT2D eigenvalue weighted by Gasteiger charge is 2.30. The standard InChI is InChI=1S/C83H162O17P2/c1-8-10-11-12-13-14-36-43-50-57-64-80(85)93-70-78(100-83(88)67-60-53-46-39-32-31-35-42-49-56-63-76(7)9-2)72-97-101(89,90)95-68-77(84)69-96-102(91,92)98-73-79(71-94-81(86)65-58-51-44-37-29-25-22-21-24-28-34-41-48-55-62-75(5)6)99-82(87)66-59-52-45-38-30-26-20-18-16-15-17-19-23-27-33-40-47-54-61-74(3)4/h74-79,84H,8-73H2,1-7H3,(H,89,90)(H,91,92)/t76?,77-,78+,79+/m0/s1. The van der Waals surface area contributed by atoms with Gasteiger partial charge in [0.15, 0.2) is 12.2 Å². The second-order valence-electron chi connectivity index (χ2n) is 31.1. The predicted molar refractivity (Wildman–Crippen MR) is 418 cm³/mol. The monoisotopic (exact) mass is 1490 g/mol. The third kappa shape index (κ3) is 74.9. The van der Waals surface area contributed by atoms with Gasteiger partial charge >= 0.3 is 39.5 Å². The lowest BCUT2D eigenvalue weighted by molar-refractivity contribution is -0.161. The Morgan fingerprint density at radius 3 is 0.745 bits per heavy atom. The number of hydrogen-bond acceptors (Lipinski definition) is 15. The van der Waals surface area contributed by atoms with E-state index in [1.54, 1.807) is 0 Å². The molecule has 0 rings (SSSR count). The predicted octanol–water partition coefficient (Wildman–Crippen LogP) is 24.9. The van der Waals surface area contributed by atoms with Gasteiger partial charge < -0.3 is 33.8 Å². The van der Waals surface area contributed by atoms with Crippen molar-refractivity contribution in [1.82, 2.24) is 0 Å². The third-order valence-electron chi connectivity index (χ3n) is 19.7. The van der Waals surface area contributed by atoms with Crippen LogP contribution in [0.25, 0.3) is 0 Å². The summed E-state index contributed by atoms with van der Waals surface area (Å²) in [4.78, 5) is 73.1. The van der Waals surface area contributed by atoms with Crippen molar-refractivity contribution in [2.75, 3.05) is 39.6 Å². The summed E-state index contributed by atoms with van der Waals surface area (Å²) < 4.78 is 68.8. The molecule has 0 radical (unpaired) electrons. The Hall–Kier alpha value is -1.94. The Balaban J connectivity index is 5.23. The van der Waals surface area contributed by atoms with Crippen molar-refractivity contribution >= 4 is 39.5 Å². The van der Waals surface area contributed by atoms with E-state index in [9.17, 15) is 43.2 Å². The minimum absolute atomic E-state index is 0.106. The van der Waals surface area contributed by atoms with Crippen LogP contribution in [0.3, 0.4) is 0 Å². The first-order chi connectivity index (χ1) is 49.3. The van der Waals surface area contributed by atoms with E-state index in [1.807, 2.05) is 0 Å². The maximum absolute atomic E-state index is 13.1. The fourth-order valence-corrected chi connectivity index (χ4v) is 14.4. The summed E-state index contributed by atoms with van der Waals surface area (Å²) in [6.45, 7) is 12.0. The van der Waals surface area contributed by atoms with Crippen molar-refractivity contribution in [2.24, 2.45) is 17.8 Å². The molecule has 0 saturated heterocycles. The van der Waals surface area contributed by atoms with Crippen molar-refractivity contribution in [3.05, 3.63) is 0 Å². The van der Waals surface area contributed by atoms with Gasteiger partial charge in [0.25, 0.3) is 0 Å². The molecule has 0 saturated carbocycles. The first kappa shape index (κ1) is 100. The molecule has 0 heterocycles. The Bertz CT molecular complexity index is 1980. The first-order valence-corrected chi connectivity index (χ1v) is 45.9. The number of ether oxygens (including phenoxy) is 4. The van der Waals surface area contributed by atoms with Gasteiger partial charge in [0.05, 0.1) is 26.4 Å². The van der Waals surface area contributed by atoms with Gasteiger partial charge in [-0.25, -0.2) is 9.13 Å². The fourth-order valence-electron chi connectivity index (χ4n) is 12.8. The highest BCUT2D eigenvalue weighted by Crippen LogP contribution is 2.45. The molecule has 0 bridgehead atoms. The van der Waals surface area contributed by atoms with Gasteiger partial charge in [-0.15, -0.1) is 0 Å². The van der Waals surface area contributed by atoms with Crippen LogP contribution in [0.5, 0.6) is 0 Å². The molecule has 0 aromatic rings. The van der Waals surface area contributed by atoms with Crippen LogP contribution in [-0.2, 0) is 65.4 Å². The number of esters is 4. The van der Waals surface area contributed by atoms with Gasteiger partial charge in [-0.2, -0.15) is 0 Å². The summed E-state index contributed by atoms with van der Waals surface area (Å²) in [5.41, 5.74) is 0. The molecule has 3 unspecified atom stereocenters. The first-order valence-electron chi connectivity index (χ1n) is 42.9. The number of carbonyl (C=O) groups excluding carboxylic acids is 4. The molecule has 0 aliphatic carbocycles. The normalized spacial score (nSPS) is 14.2. The van der Waals surface area contributed by atoms with Gasteiger partial charge in [0.2, 0.25) is 0 Å². The van der Waals surface area contributed by atoms with Crippen molar-refractivity contribution in [3.8, 4) is 0 Å². The summed E-state index contributed by atoms with van der Waals surface area (Å²) in [7, 11) is -9.92. The number of aliphatic hydroxyl groups is 1. The second-order valence-corrected chi connectivity index (χ2v) is 34.0. The molecule has 3 N–H and O–H groups in total. The fraction of sp³-hybridized carbons (Fsp3) is 0.952. The van der Waals surface area contributed by atoms with E-state index in [0.29, 0.717) is 25.7 Å².